The first kappa shape index (κ1) is 13.5. The van der Waals surface area contributed by atoms with E-state index in [1.165, 1.54) is 25.3 Å². The third-order valence-electron chi connectivity index (χ3n) is 2.95. The number of benzene rings is 1. The predicted octanol–water partition coefficient (Wildman–Crippen LogP) is 2.49. The normalized spacial score (nSPS) is 11.5. The van der Waals surface area contributed by atoms with Gasteiger partial charge in [-0.05, 0) is 30.2 Å². The van der Waals surface area contributed by atoms with E-state index in [4.69, 9.17) is 0 Å². The van der Waals surface area contributed by atoms with Crippen LogP contribution in [-0.2, 0) is 16.4 Å². The van der Waals surface area contributed by atoms with E-state index in [-0.39, 0.29) is 16.4 Å². The fourth-order valence-electron chi connectivity index (χ4n) is 2.03. The van der Waals surface area contributed by atoms with Gasteiger partial charge in [-0.2, -0.15) is 0 Å². The van der Waals surface area contributed by atoms with Gasteiger partial charge in [0.15, 0.2) is 5.78 Å². The first-order valence-corrected chi connectivity index (χ1v) is 7.44. The number of carbonyl (C=O) groups excluding carboxylic acids is 1. The molecule has 19 heavy (non-hydrogen) atoms. The highest BCUT2D eigenvalue weighted by Crippen LogP contribution is 2.20. The highest BCUT2D eigenvalue weighted by molar-refractivity contribution is 7.90. The van der Waals surface area contributed by atoms with Crippen LogP contribution in [0, 0.1) is 0 Å². The van der Waals surface area contributed by atoms with Crippen LogP contribution in [0.5, 0.6) is 0 Å². The lowest BCUT2D eigenvalue weighted by molar-refractivity contribution is 0.101. The maximum Gasteiger partial charge on any atom is 0.268 e. The minimum absolute atomic E-state index is 0.177. The Bertz CT molecular complexity index is 700. The summed E-state index contributed by atoms with van der Waals surface area (Å²) >= 11 is 0. The van der Waals surface area contributed by atoms with Crippen LogP contribution in [0.15, 0.2) is 47.5 Å². The lowest BCUT2D eigenvalue weighted by Crippen LogP contribution is -2.17. The second-order valence-corrected chi connectivity index (χ2v) is 6.03. The molecular weight excluding hydrogens is 262 g/mol. The number of aryl methyl sites for hydroxylation is 1. The van der Waals surface area contributed by atoms with E-state index in [9.17, 15) is 13.2 Å². The van der Waals surface area contributed by atoms with Crippen LogP contribution < -0.4 is 0 Å². The lowest BCUT2D eigenvalue weighted by Gasteiger charge is -2.09. The molecule has 0 N–H and O–H groups in total. The van der Waals surface area contributed by atoms with Gasteiger partial charge < -0.3 is 0 Å². The van der Waals surface area contributed by atoms with Gasteiger partial charge in [-0.15, -0.1) is 0 Å². The third kappa shape index (κ3) is 2.33. The van der Waals surface area contributed by atoms with Crippen LogP contribution in [0.2, 0.25) is 0 Å². The molecule has 0 spiro atoms. The van der Waals surface area contributed by atoms with E-state index in [0.29, 0.717) is 6.42 Å². The molecule has 0 amide bonds. The molecule has 0 saturated heterocycles. The Labute approximate surface area is 112 Å². The summed E-state index contributed by atoms with van der Waals surface area (Å²) in [6.07, 6.45) is 2.06. The zero-order valence-corrected chi connectivity index (χ0v) is 11.6. The minimum Gasteiger partial charge on any atom is -0.293 e. The molecule has 2 rings (SSSR count). The molecule has 0 aliphatic carbocycles. The Morgan fingerprint density at radius 2 is 1.79 bits per heavy atom. The van der Waals surface area contributed by atoms with Gasteiger partial charge in [0.05, 0.1) is 4.90 Å². The molecule has 4 nitrogen and oxygen atoms in total. The summed E-state index contributed by atoms with van der Waals surface area (Å²) in [6.45, 7) is 3.27. The number of carbonyl (C=O) groups is 1. The van der Waals surface area contributed by atoms with Crippen LogP contribution in [-0.4, -0.2) is 18.2 Å². The SMILES string of the molecule is CCc1ccn(S(=O)(=O)c2ccccc2)c1C(C)=O. The Morgan fingerprint density at radius 1 is 1.16 bits per heavy atom. The molecule has 0 aliphatic rings. The fourth-order valence-corrected chi connectivity index (χ4v) is 3.46. The summed E-state index contributed by atoms with van der Waals surface area (Å²) in [4.78, 5) is 11.9. The van der Waals surface area contributed by atoms with Gasteiger partial charge in [-0.1, -0.05) is 25.1 Å². The number of nitrogens with zero attached hydrogens (tertiary/aromatic N) is 1. The Hall–Kier alpha value is -1.88. The van der Waals surface area contributed by atoms with Gasteiger partial charge >= 0.3 is 0 Å². The molecule has 0 radical (unpaired) electrons. The van der Waals surface area contributed by atoms with E-state index in [1.807, 2.05) is 6.92 Å². The van der Waals surface area contributed by atoms with E-state index in [2.05, 4.69) is 0 Å². The molecule has 0 aliphatic heterocycles. The summed E-state index contributed by atoms with van der Waals surface area (Å²) < 4.78 is 26.1. The zero-order valence-electron chi connectivity index (χ0n) is 10.8. The number of hydrogen-bond donors (Lipinski definition) is 0. The van der Waals surface area contributed by atoms with Crippen LogP contribution in [0.4, 0.5) is 0 Å². The van der Waals surface area contributed by atoms with Crippen molar-refractivity contribution in [3.05, 3.63) is 53.9 Å². The van der Waals surface area contributed by atoms with E-state index < -0.39 is 10.0 Å². The van der Waals surface area contributed by atoms with Gasteiger partial charge in [-0.3, -0.25) is 4.79 Å². The number of aromatic nitrogens is 1. The van der Waals surface area contributed by atoms with Crippen molar-refractivity contribution in [2.75, 3.05) is 0 Å². The number of Topliss-reactive ketones (excluding diaryl/α,β-unsaturated/α-hetero) is 1. The smallest absolute Gasteiger partial charge is 0.268 e. The second-order valence-electron chi connectivity index (χ2n) is 4.21. The Kier molecular flexibility index (Phi) is 3.57. The average Bonchev–Trinajstić information content (AvgIpc) is 2.84. The molecule has 2 aromatic rings. The highest BCUT2D eigenvalue weighted by atomic mass is 32.2. The quantitative estimate of drug-likeness (QED) is 0.807. The van der Waals surface area contributed by atoms with Crippen LogP contribution in [0.25, 0.3) is 0 Å². The summed E-state index contributed by atoms with van der Waals surface area (Å²) in [5, 5.41) is 0. The first-order chi connectivity index (χ1) is 8.98. The largest absolute Gasteiger partial charge is 0.293 e. The molecule has 1 aromatic heterocycles. The molecule has 0 bridgehead atoms. The topological polar surface area (TPSA) is 56.1 Å². The van der Waals surface area contributed by atoms with Crippen molar-refractivity contribution in [1.29, 1.82) is 0 Å². The molecule has 0 unspecified atom stereocenters. The summed E-state index contributed by atoms with van der Waals surface area (Å²) in [5.74, 6) is -0.249. The summed E-state index contributed by atoms with van der Waals surface area (Å²) in [6, 6.07) is 9.78. The van der Waals surface area contributed by atoms with Crippen LogP contribution >= 0.6 is 0 Å². The molecule has 0 atom stereocenters. The third-order valence-corrected chi connectivity index (χ3v) is 4.64. The molecule has 0 fully saturated rings. The van der Waals surface area contributed by atoms with Crippen molar-refractivity contribution in [3.8, 4) is 0 Å². The minimum atomic E-state index is -3.71. The molecule has 0 saturated carbocycles. The van der Waals surface area contributed by atoms with E-state index in [1.54, 1.807) is 24.3 Å². The monoisotopic (exact) mass is 277 g/mol. The number of ketones is 1. The number of rotatable bonds is 4. The Balaban J connectivity index is 2.66. The zero-order chi connectivity index (χ0) is 14.0. The van der Waals surface area contributed by atoms with Crippen LogP contribution in [0.3, 0.4) is 0 Å². The van der Waals surface area contributed by atoms with Crippen molar-refractivity contribution in [3.63, 3.8) is 0 Å². The van der Waals surface area contributed by atoms with Gasteiger partial charge in [0.1, 0.15) is 5.69 Å². The molecule has 5 heteroatoms. The lowest BCUT2D eigenvalue weighted by atomic mass is 10.1. The van der Waals surface area contributed by atoms with Gasteiger partial charge in [0.25, 0.3) is 10.0 Å². The van der Waals surface area contributed by atoms with Crippen molar-refractivity contribution < 1.29 is 13.2 Å². The van der Waals surface area contributed by atoms with Crippen molar-refractivity contribution in [1.82, 2.24) is 3.97 Å². The van der Waals surface area contributed by atoms with Crippen molar-refractivity contribution in [2.45, 2.75) is 25.2 Å². The van der Waals surface area contributed by atoms with Gasteiger partial charge in [0, 0.05) is 13.1 Å². The first-order valence-electron chi connectivity index (χ1n) is 6.00. The second kappa shape index (κ2) is 5.01. The average molecular weight is 277 g/mol. The fraction of sp³-hybridized carbons (Fsp3) is 0.214. The highest BCUT2D eigenvalue weighted by Gasteiger charge is 2.23. The predicted molar refractivity (Wildman–Crippen MR) is 72.8 cm³/mol. The molecule has 1 heterocycles. The molecule has 1 aromatic carbocycles. The van der Waals surface area contributed by atoms with Crippen LogP contribution in [0.1, 0.15) is 29.9 Å². The maximum absolute atomic E-state index is 12.5. The Morgan fingerprint density at radius 3 is 2.32 bits per heavy atom. The van der Waals surface area contributed by atoms with Crippen molar-refractivity contribution >= 4 is 15.8 Å². The summed E-state index contributed by atoms with van der Waals surface area (Å²) in [5.41, 5.74) is 0.985. The van der Waals surface area contributed by atoms with E-state index in [0.717, 1.165) is 9.54 Å². The summed E-state index contributed by atoms with van der Waals surface area (Å²) in [7, 11) is -3.71. The van der Waals surface area contributed by atoms with Crippen molar-refractivity contribution in [2.24, 2.45) is 0 Å². The number of hydrogen-bond acceptors (Lipinski definition) is 3. The standard InChI is InChI=1S/C14H15NO3S/c1-3-12-9-10-15(14(12)11(2)16)19(17,18)13-7-5-4-6-8-13/h4-10H,3H2,1-2H3. The maximum atomic E-state index is 12.5. The molecule has 100 valence electrons. The molecular formula is C14H15NO3S. The van der Waals surface area contributed by atoms with Gasteiger partial charge in [0.2, 0.25) is 0 Å². The van der Waals surface area contributed by atoms with E-state index >= 15 is 0 Å². The van der Waals surface area contributed by atoms with Gasteiger partial charge in [-0.25, -0.2) is 12.4 Å².